The number of aromatic nitrogens is 1. The van der Waals surface area contributed by atoms with E-state index in [0.29, 0.717) is 11.1 Å². The van der Waals surface area contributed by atoms with Gasteiger partial charge in [0.15, 0.2) is 0 Å². The third-order valence-electron chi connectivity index (χ3n) is 3.22. The van der Waals surface area contributed by atoms with Crippen LogP contribution < -0.4 is 5.73 Å². The molecular formula is C15H17FN2O. The van der Waals surface area contributed by atoms with Crippen LogP contribution in [0.5, 0.6) is 0 Å². The summed E-state index contributed by atoms with van der Waals surface area (Å²) in [6, 6.07) is 8.18. The predicted octanol–water partition coefficient (Wildman–Crippen LogP) is 2.56. The Kier molecular flexibility index (Phi) is 3.53. The van der Waals surface area contributed by atoms with Crippen molar-refractivity contribution in [3.63, 3.8) is 0 Å². The SMILES string of the molecule is Cc1ccnc(N)c1C(C)(O)Cc1ccccc1F. The smallest absolute Gasteiger partial charge is 0.129 e. The Hall–Kier alpha value is -1.94. The molecule has 0 saturated carbocycles. The van der Waals surface area contributed by atoms with Crippen LogP contribution in [-0.2, 0) is 12.0 Å². The third-order valence-corrected chi connectivity index (χ3v) is 3.22. The average Bonchev–Trinajstić information content (AvgIpc) is 2.31. The van der Waals surface area contributed by atoms with Gasteiger partial charge in [0.1, 0.15) is 11.6 Å². The van der Waals surface area contributed by atoms with Crippen molar-refractivity contribution in [1.29, 1.82) is 0 Å². The number of benzene rings is 1. The van der Waals surface area contributed by atoms with Crippen LogP contribution in [0.1, 0.15) is 23.6 Å². The number of aliphatic hydroxyl groups is 1. The van der Waals surface area contributed by atoms with Gasteiger partial charge >= 0.3 is 0 Å². The van der Waals surface area contributed by atoms with E-state index in [9.17, 15) is 9.50 Å². The van der Waals surface area contributed by atoms with Gasteiger partial charge in [-0.05, 0) is 37.1 Å². The molecule has 4 heteroatoms. The molecule has 3 N–H and O–H groups in total. The van der Waals surface area contributed by atoms with Gasteiger partial charge in [0.2, 0.25) is 0 Å². The number of anilines is 1. The molecule has 100 valence electrons. The molecule has 2 aromatic rings. The molecule has 1 aromatic heterocycles. The van der Waals surface area contributed by atoms with Gasteiger partial charge in [-0.15, -0.1) is 0 Å². The Morgan fingerprint density at radius 3 is 2.63 bits per heavy atom. The van der Waals surface area contributed by atoms with E-state index < -0.39 is 5.60 Å². The highest BCUT2D eigenvalue weighted by Gasteiger charge is 2.29. The zero-order valence-electron chi connectivity index (χ0n) is 11.0. The molecule has 0 saturated heterocycles. The topological polar surface area (TPSA) is 59.1 Å². The normalized spacial score (nSPS) is 14.1. The number of halogens is 1. The predicted molar refractivity (Wildman–Crippen MR) is 73.1 cm³/mol. The van der Waals surface area contributed by atoms with Gasteiger partial charge in [0.05, 0.1) is 5.60 Å². The minimum atomic E-state index is -1.26. The first-order valence-corrected chi connectivity index (χ1v) is 6.09. The monoisotopic (exact) mass is 260 g/mol. The number of pyridine rings is 1. The lowest BCUT2D eigenvalue weighted by Gasteiger charge is -2.26. The van der Waals surface area contributed by atoms with Crippen LogP contribution in [0.2, 0.25) is 0 Å². The molecule has 2 rings (SSSR count). The molecule has 0 bridgehead atoms. The van der Waals surface area contributed by atoms with Crippen LogP contribution in [0.3, 0.4) is 0 Å². The van der Waals surface area contributed by atoms with Gasteiger partial charge in [0, 0.05) is 18.2 Å². The highest BCUT2D eigenvalue weighted by atomic mass is 19.1. The van der Waals surface area contributed by atoms with Gasteiger partial charge in [0.25, 0.3) is 0 Å². The Bertz CT molecular complexity index is 576. The summed E-state index contributed by atoms with van der Waals surface area (Å²) in [5.74, 6) is -0.0516. The molecule has 0 spiro atoms. The first-order chi connectivity index (χ1) is 8.92. The largest absolute Gasteiger partial charge is 0.385 e. The summed E-state index contributed by atoms with van der Waals surface area (Å²) in [5, 5.41) is 10.6. The molecule has 0 amide bonds. The van der Waals surface area contributed by atoms with Crippen molar-refractivity contribution in [2.75, 3.05) is 5.73 Å². The summed E-state index contributed by atoms with van der Waals surface area (Å²) in [7, 11) is 0. The maximum atomic E-state index is 13.7. The molecule has 0 fully saturated rings. The van der Waals surface area contributed by atoms with E-state index in [2.05, 4.69) is 4.98 Å². The second-order valence-corrected chi connectivity index (χ2v) is 4.93. The lowest BCUT2D eigenvalue weighted by molar-refractivity contribution is 0.0565. The summed E-state index contributed by atoms with van der Waals surface area (Å²) in [6.07, 6.45) is 1.74. The lowest BCUT2D eigenvalue weighted by Crippen LogP contribution is -2.27. The number of hydrogen-bond acceptors (Lipinski definition) is 3. The van der Waals surface area contributed by atoms with Crippen molar-refractivity contribution < 1.29 is 9.50 Å². The fourth-order valence-electron chi connectivity index (χ4n) is 2.38. The molecule has 1 unspecified atom stereocenters. The van der Waals surface area contributed by atoms with E-state index >= 15 is 0 Å². The molecule has 0 radical (unpaired) electrons. The molecular weight excluding hydrogens is 243 g/mol. The van der Waals surface area contributed by atoms with Gasteiger partial charge in [-0.3, -0.25) is 0 Å². The summed E-state index contributed by atoms with van der Waals surface area (Å²) in [4.78, 5) is 3.99. The molecule has 3 nitrogen and oxygen atoms in total. The summed E-state index contributed by atoms with van der Waals surface area (Å²) in [5.41, 5.74) is 6.42. The minimum absolute atomic E-state index is 0.149. The Balaban J connectivity index is 2.41. The number of aryl methyl sites for hydroxylation is 1. The zero-order valence-corrected chi connectivity index (χ0v) is 11.0. The van der Waals surface area contributed by atoms with Crippen molar-refractivity contribution in [2.45, 2.75) is 25.9 Å². The van der Waals surface area contributed by atoms with Gasteiger partial charge < -0.3 is 10.8 Å². The highest BCUT2D eigenvalue weighted by Crippen LogP contribution is 2.31. The maximum absolute atomic E-state index is 13.7. The van der Waals surface area contributed by atoms with Gasteiger partial charge in [-0.25, -0.2) is 9.37 Å². The Morgan fingerprint density at radius 2 is 2.00 bits per heavy atom. The van der Waals surface area contributed by atoms with Crippen LogP contribution >= 0.6 is 0 Å². The standard InChI is InChI=1S/C15H17FN2O/c1-10-7-8-18-14(17)13(10)15(2,19)9-11-5-3-4-6-12(11)16/h3-8,19H,9H2,1-2H3,(H2,17,18). The fourth-order valence-corrected chi connectivity index (χ4v) is 2.38. The molecule has 0 aliphatic rings. The van der Waals surface area contributed by atoms with E-state index in [4.69, 9.17) is 5.73 Å². The van der Waals surface area contributed by atoms with Crippen LogP contribution in [-0.4, -0.2) is 10.1 Å². The number of hydrogen-bond donors (Lipinski definition) is 2. The van der Waals surface area contributed by atoms with Gasteiger partial charge in [-0.1, -0.05) is 18.2 Å². The van der Waals surface area contributed by atoms with Crippen molar-refractivity contribution in [3.8, 4) is 0 Å². The second-order valence-electron chi connectivity index (χ2n) is 4.93. The minimum Gasteiger partial charge on any atom is -0.385 e. The fraction of sp³-hybridized carbons (Fsp3) is 0.267. The lowest BCUT2D eigenvalue weighted by atomic mass is 9.86. The van der Waals surface area contributed by atoms with E-state index in [-0.39, 0.29) is 18.1 Å². The molecule has 1 heterocycles. The number of nitrogen functional groups attached to an aromatic ring is 1. The average molecular weight is 260 g/mol. The van der Waals surface area contributed by atoms with Crippen LogP contribution in [0.25, 0.3) is 0 Å². The van der Waals surface area contributed by atoms with Crippen molar-refractivity contribution >= 4 is 5.82 Å². The first-order valence-electron chi connectivity index (χ1n) is 6.09. The van der Waals surface area contributed by atoms with Crippen molar-refractivity contribution in [1.82, 2.24) is 4.98 Å². The Labute approximate surface area is 111 Å². The molecule has 1 aromatic carbocycles. The van der Waals surface area contributed by atoms with Crippen LogP contribution in [0, 0.1) is 12.7 Å². The molecule has 0 aliphatic carbocycles. The summed E-state index contributed by atoms with van der Waals surface area (Å²) in [6.45, 7) is 3.48. The van der Waals surface area contributed by atoms with Crippen molar-refractivity contribution in [3.05, 3.63) is 59.0 Å². The highest BCUT2D eigenvalue weighted by molar-refractivity contribution is 5.48. The van der Waals surface area contributed by atoms with Crippen LogP contribution in [0.4, 0.5) is 10.2 Å². The van der Waals surface area contributed by atoms with Gasteiger partial charge in [-0.2, -0.15) is 0 Å². The van der Waals surface area contributed by atoms with E-state index in [0.717, 1.165) is 5.56 Å². The zero-order chi connectivity index (χ0) is 14.0. The number of nitrogens with two attached hydrogens (primary N) is 1. The second kappa shape index (κ2) is 4.97. The Morgan fingerprint density at radius 1 is 1.32 bits per heavy atom. The first kappa shape index (κ1) is 13.5. The number of nitrogens with zero attached hydrogens (tertiary/aromatic N) is 1. The van der Waals surface area contributed by atoms with E-state index in [1.165, 1.54) is 6.07 Å². The van der Waals surface area contributed by atoms with Crippen LogP contribution in [0.15, 0.2) is 36.5 Å². The summed E-state index contributed by atoms with van der Waals surface area (Å²) >= 11 is 0. The van der Waals surface area contributed by atoms with Crippen molar-refractivity contribution in [2.24, 2.45) is 0 Å². The number of rotatable bonds is 3. The van der Waals surface area contributed by atoms with E-state index in [1.54, 1.807) is 37.4 Å². The third kappa shape index (κ3) is 2.74. The van der Waals surface area contributed by atoms with E-state index in [1.807, 2.05) is 6.92 Å². The maximum Gasteiger partial charge on any atom is 0.129 e. The quantitative estimate of drug-likeness (QED) is 0.891. The molecule has 19 heavy (non-hydrogen) atoms. The molecule has 1 atom stereocenters. The molecule has 0 aliphatic heterocycles. The summed E-state index contributed by atoms with van der Waals surface area (Å²) < 4.78 is 13.7.